The van der Waals surface area contributed by atoms with Gasteiger partial charge in [0, 0.05) is 34.1 Å². The molecule has 7 rings (SSSR count). The van der Waals surface area contributed by atoms with Crippen molar-refractivity contribution in [2.75, 3.05) is 9.80 Å². The third kappa shape index (κ3) is 7.36. The number of nitrogens with zero attached hydrogens (tertiary/aromatic N) is 2. The number of para-hydroxylation sites is 2. The number of aryl methyl sites for hydroxylation is 4. The van der Waals surface area contributed by atoms with Crippen molar-refractivity contribution in [3.05, 3.63) is 193 Å². The lowest BCUT2D eigenvalue weighted by molar-refractivity contribution is 0.844. The van der Waals surface area contributed by atoms with Crippen LogP contribution in [0, 0.1) is 0 Å². The summed E-state index contributed by atoms with van der Waals surface area (Å²) in [5, 5.41) is 0. The molecule has 6 aromatic rings. The number of hydrogen-bond acceptors (Lipinski definition) is 2. The second-order valence-electron chi connectivity index (χ2n) is 13.2. The summed E-state index contributed by atoms with van der Waals surface area (Å²) in [4.78, 5) is 4.77. The van der Waals surface area contributed by atoms with E-state index in [1.165, 1.54) is 67.5 Å². The molecule has 0 heterocycles. The molecule has 0 fully saturated rings. The second kappa shape index (κ2) is 15.7. The first-order valence-electron chi connectivity index (χ1n) is 18.1. The Kier molecular flexibility index (Phi) is 10.4. The molecule has 0 spiro atoms. The summed E-state index contributed by atoms with van der Waals surface area (Å²) in [7, 11) is 0. The minimum absolute atomic E-state index is 1.01. The Labute approximate surface area is 298 Å². The fourth-order valence-electron chi connectivity index (χ4n) is 7.22. The molecule has 1 aliphatic carbocycles. The lowest BCUT2D eigenvalue weighted by Gasteiger charge is -2.29. The zero-order chi connectivity index (χ0) is 34.1. The van der Waals surface area contributed by atoms with E-state index in [1.54, 1.807) is 0 Å². The molecule has 2 nitrogen and oxygen atoms in total. The largest absolute Gasteiger partial charge is 0.310 e. The highest BCUT2D eigenvalue weighted by molar-refractivity contribution is 5.84. The second-order valence-corrected chi connectivity index (χ2v) is 13.2. The lowest BCUT2D eigenvalue weighted by atomic mass is 9.85. The van der Waals surface area contributed by atoms with E-state index in [4.69, 9.17) is 0 Å². The van der Waals surface area contributed by atoms with Gasteiger partial charge in [0.15, 0.2) is 0 Å². The third-order valence-corrected chi connectivity index (χ3v) is 9.81. The smallest absolute Gasteiger partial charge is 0.0464 e. The average molecular weight is 651 g/mol. The maximum atomic E-state index is 3.87. The van der Waals surface area contributed by atoms with Gasteiger partial charge in [0.2, 0.25) is 0 Å². The van der Waals surface area contributed by atoms with Gasteiger partial charge >= 0.3 is 0 Å². The predicted molar refractivity (Wildman–Crippen MR) is 215 cm³/mol. The Morgan fingerprint density at radius 3 is 1.16 bits per heavy atom. The van der Waals surface area contributed by atoms with Gasteiger partial charge in [0.25, 0.3) is 0 Å². The quantitative estimate of drug-likeness (QED) is 0.0855. The molecule has 0 unspecified atom stereocenters. The summed E-state index contributed by atoms with van der Waals surface area (Å²) in [6.07, 6.45) is 12.5. The molecular formula is C48H46N2. The molecular weight excluding hydrogens is 605 g/mol. The fourth-order valence-corrected chi connectivity index (χ4v) is 7.22. The van der Waals surface area contributed by atoms with Crippen LogP contribution in [-0.4, -0.2) is 0 Å². The molecule has 1 aliphatic rings. The first-order chi connectivity index (χ1) is 24.7. The van der Waals surface area contributed by atoms with E-state index >= 15 is 0 Å². The van der Waals surface area contributed by atoms with Crippen molar-refractivity contribution in [2.24, 2.45) is 0 Å². The molecule has 0 amide bonds. The Morgan fingerprint density at radius 1 is 0.420 bits per heavy atom. The maximum Gasteiger partial charge on any atom is 0.0464 e. The molecule has 2 heteroatoms. The third-order valence-electron chi connectivity index (χ3n) is 9.81. The van der Waals surface area contributed by atoms with Crippen molar-refractivity contribution in [1.29, 1.82) is 0 Å². The molecule has 6 aromatic carbocycles. The molecule has 0 bridgehead atoms. The number of fused-ring (bicyclic) bond motifs is 3. The van der Waals surface area contributed by atoms with E-state index in [9.17, 15) is 0 Å². The number of anilines is 6. The van der Waals surface area contributed by atoms with E-state index in [1.807, 2.05) is 12.2 Å². The van der Waals surface area contributed by atoms with Crippen LogP contribution < -0.4 is 9.80 Å². The monoisotopic (exact) mass is 650 g/mol. The lowest BCUT2D eigenvalue weighted by Crippen LogP contribution is -2.13. The summed E-state index contributed by atoms with van der Waals surface area (Å²) < 4.78 is 0. The zero-order valence-electron chi connectivity index (χ0n) is 29.0. The molecule has 0 radical (unpaired) electrons. The molecule has 50 heavy (non-hydrogen) atoms. The molecule has 0 atom stereocenters. The van der Waals surface area contributed by atoms with Crippen molar-refractivity contribution in [1.82, 2.24) is 0 Å². The summed E-state index contributed by atoms with van der Waals surface area (Å²) in [6.45, 7) is 7.75. The van der Waals surface area contributed by atoms with E-state index in [-0.39, 0.29) is 0 Å². The van der Waals surface area contributed by atoms with Gasteiger partial charge < -0.3 is 9.80 Å². The Morgan fingerprint density at radius 2 is 0.780 bits per heavy atom. The maximum absolute atomic E-state index is 3.87. The zero-order valence-corrected chi connectivity index (χ0v) is 29.0. The van der Waals surface area contributed by atoms with E-state index in [0.29, 0.717) is 0 Å². The van der Waals surface area contributed by atoms with Crippen LogP contribution in [0.15, 0.2) is 171 Å². The van der Waals surface area contributed by atoms with Crippen LogP contribution in [0.2, 0.25) is 0 Å². The minimum atomic E-state index is 1.01. The van der Waals surface area contributed by atoms with Gasteiger partial charge in [0.05, 0.1) is 0 Å². The average Bonchev–Trinajstić information content (AvgIpc) is 3.17. The Bertz CT molecular complexity index is 1880. The van der Waals surface area contributed by atoms with Crippen LogP contribution in [0.4, 0.5) is 34.1 Å². The number of benzene rings is 6. The topological polar surface area (TPSA) is 6.48 Å². The van der Waals surface area contributed by atoms with Gasteiger partial charge in [-0.05, 0) is 158 Å². The van der Waals surface area contributed by atoms with Crippen LogP contribution in [0.1, 0.15) is 47.9 Å². The van der Waals surface area contributed by atoms with Crippen LogP contribution in [-0.2, 0) is 25.7 Å². The van der Waals surface area contributed by atoms with Crippen molar-refractivity contribution in [3.63, 3.8) is 0 Å². The molecule has 0 aromatic heterocycles. The first-order valence-corrected chi connectivity index (χ1v) is 18.1. The molecule has 0 saturated carbocycles. The molecule has 0 N–H and O–H groups in total. The normalized spacial score (nSPS) is 11.7. The van der Waals surface area contributed by atoms with Crippen molar-refractivity contribution in [3.8, 4) is 11.1 Å². The van der Waals surface area contributed by atoms with Gasteiger partial charge in [-0.15, -0.1) is 13.2 Å². The number of allylic oxidation sites excluding steroid dienone is 2. The van der Waals surface area contributed by atoms with Crippen molar-refractivity contribution >= 4 is 34.1 Å². The SMILES string of the molecule is C=CCCCc1ccc(N(c2ccccc2)c2ccc3c(c2)CCc2cc(N(c4ccccc4)c4ccc(CCCC=C)cc4)ccc2-3)cc1. The highest BCUT2D eigenvalue weighted by Crippen LogP contribution is 2.43. The summed E-state index contributed by atoms with van der Waals surface area (Å²) in [5.74, 6) is 0. The highest BCUT2D eigenvalue weighted by Gasteiger charge is 2.21. The number of unbranched alkanes of at least 4 members (excludes halogenated alkanes) is 2. The summed E-state index contributed by atoms with van der Waals surface area (Å²) in [6, 6.07) is 53.7. The van der Waals surface area contributed by atoms with Crippen molar-refractivity contribution in [2.45, 2.75) is 51.4 Å². The van der Waals surface area contributed by atoms with Gasteiger partial charge in [-0.25, -0.2) is 0 Å². The minimum Gasteiger partial charge on any atom is -0.310 e. The van der Waals surface area contributed by atoms with Gasteiger partial charge in [-0.1, -0.05) is 84.9 Å². The standard InChI is InChI=1S/C48H46N2/c1-3-5-9-15-37-21-27-43(28-22-37)49(41-17-11-7-12-18-41)45-31-33-47-39(35-45)25-26-40-36-46(32-34-48(40)47)50(42-19-13-8-14-20-42)44-29-23-38(24-30-44)16-10-6-4-2/h3-4,7-8,11-14,17-24,27-36H,1-2,5-6,9-10,15-16,25-26H2. The summed E-state index contributed by atoms with van der Waals surface area (Å²) >= 11 is 0. The first kappa shape index (κ1) is 32.9. The van der Waals surface area contributed by atoms with Crippen LogP contribution in [0.25, 0.3) is 11.1 Å². The van der Waals surface area contributed by atoms with Crippen molar-refractivity contribution < 1.29 is 0 Å². The van der Waals surface area contributed by atoms with Crippen LogP contribution in [0.3, 0.4) is 0 Å². The molecule has 0 saturated heterocycles. The van der Waals surface area contributed by atoms with E-state index in [0.717, 1.165) is 51.4 Å². The van der Waals surface area contributed by atoms with Gasteiger partial charge in [-0.3, -0.25) is 0 Å². The van der Waals surface area contributed by atoms with E-state index < -0.39 is 0 Å². The molecule has 248 valence electrons. The highest BCUT2D eigenvalue weighted by atomic mass is 15.1. The fraction of sp³-hybridized carbons (Fsp3) is 0.167. The van der Waals surface area contributed by atoms with Gasteiger partial charge in [-0.2, -0.15) is 0 Å². The predicted octanol–water partition coefficient (Wildman–Crippen LogP) is 13.4. The van der Waals surface area contributed by atoms with Crippen LogP contribution >= 0.6 is 0 Å². The Balaban J connectivity index is 1.19. The van der Waals surface area contributed by atoms with Crippen LogP contribution in [0.5, 0.6) is 0 Å². The summed E-state index contributed by atoms with van der Waals surface area (Å²) in [5.41, 5.74) is 15.3. The van der Waals surface area contributed by atoms with E-state index in [2.05, 4.69) is 169 Å². The number of hydrogen-bond donors (Lipinski definition) is 0. The molecule has 0 aliphatic heterocycles. The Hall–Kier alpha value is -5.60. The number of rotatable bonds is 14. The van der Waals surface area contributed by atoms with Gasteiger partial charge in [0.1, 0.15) is 0 Å².